The Morgan fingerprint density at radius 2 is 1.72 bits per heavy atom. The fraction of sp³-hybridized carbons (Fsp3) is 1.00. The van der Waals surface area contributed by atoms with Gasteiger partial charge in [-0.05, 0) is 39.3 Å². The van der Waals surface area contributed by atoms with E-state index in [4.69, 9.17) is 0 Å². The Kier molecular flexibility index (Phi) is 4.64. The molecule has 2 saturated heterocycles. The molecule has 2 fully saturated rings. The lowest BCUT2D eigenvalue weighted by Gasteiger charge is -2.30. The van der Waals surface area contributed by atoms with Crippen molar-refractivity contribution in [2.45, 2.75) is 25.7 Å². The second kappa shape index (κ2) is 5.86. The highest BCUT2D eigenvalue weighted by Crippen LogP contribution is 2.24. The lowest BCUT2D eigenvalue weighted by Crippen LogP contribution is -2.45. The predicted molar refractivity (Wildman–Crippen MR) is 72.6 cm³/mol. The van der Waals surface area contributed by atoms with Crippen molar-refractivity contribution in [2.75, 3.05) is 46.8 Å². The molecular formula is C12H25N3O2S. The van der Waals surface area contributed by atoms with Gasteiger partial charge in [-0.3, -0.25) is 0 Å². The van der Waals surface area contributed by atoms with Crippen molar-refractivity contribution in [3.05, 3.63) is 0 Å². The Balaban J connectivity index is 1.94. The van der Waals surface area contributed by atoms with Crippen molar-refractivity contribution in [2.24, 2.45) is 5.92 Å². The Hall–Kier alpha value is -0.170. The minimum Gasteiger partial charge on any atom is -0.309 e. The van der Waals surface area contributed by atoms with Crippen molar-refractivity contribution in [3.63, 3.8) is 0 Å². The van der Waals surface area contributed by atoms with Gasteiger partial charge in [0, 0.05) is 32.7 Å². The van der Waals surface area contributed by atoms with Gasteiger partial charge >= 0.3 is 0 Å². The van der Waals surface area contributed by atoms with Gasteiger partial charge in [0.15, 0.2) is 0 Å². The quantitative estimate of drug-likeness (QED) is 0.755. The van der Waals surface area contributed by atoms with E-state index in [2.05, 4.69) is 4.90 Å². The van der Waals surface area contributed by atoms with Crippen LogP contribution in [0.4, 0.5) is 0 Å². The maximum atomic E-state index is 12.5. The lowest BCUT2D eigenvalue weighted by molar-refractivity contribution is 0.303. The van der Waals surface area contributed by atoms with Gasteiger partial charge in [-0.1, -0.05) is 6.42 Å². The van der Waals surface area contributed by atoms with Crippen molar-refractivity contribution in [3.8, 4) is 0 Å². The van der Waals surface area contributed by atoms with Crippen LogP contribution in [0, 0.1) is 5.92 Å². The SMILES string of the molecule is CN(C)CC1CCN(S(=O)(=O)N2CCCCC2)C1. The van der Waals surface area contributed by atoms with E-state index < -0.39 is 10.2 Å². The van der Waals surface area contributed by atoms with Crippen LogP contribution in [0.25, 0.3) is 0 Å². The molecule has 106 valence electrons. The molecule has 5 nitrogen and oxygen atoms in total. The van der Waals surface area contributed by atoms with Gasteiger partial charge in [-0.15, -0.1) is 0 Å². The molecule has 2 aliphatic heterocycles. The fourth-order valence-electron chi connectivity index (χ4n) is 2.93. The van der Waals surface area contributed by atoms with Crippen LogP contribution in [0.15, 0.2) is 0 Å². The highest BCUT2D eigenvalue weighted by Gasteiger charge is 2.35. The molecule has 0 radical (unpaired) electrons. The summed E-state index contributed by atoms with van der Waals surface area (Å²) < 4.78 is 28.3. The van der Waals surface area contributed by atoms with Crippen LogP contribution in [0.2, 0.25) is 0 Å². The minimum absolute atomic E-state index is 0.486. The first kappa shape index (κ1) is 14.2. The highest BCUT2D eigenvalue weighted by atomic mass is 32.2. The van der Waals surface area contributed by atoms with Gasteiger partial charge in [0.25, 0.3) is 10.2 Å². The van der Waals surface area contributed by atoms with Crippen molar-refractivity contribution >= 4 is 10.2 Å². The molecule has 0 bridgehead atoms. The predicted octanol–water partition coefficient (Wildman–Crippen LogP) is 0.601. The number of nitrogens with zero attached hydrogens (tertiary/aromatic N) is 3. The Morgan fingerprint density at radius 1 is 1.06 bits per heavy atom. The van der Waals surface area contributed by atoms with E-state index in [1.165, 1.54) is 0 Å². The first-order valence-electron chi connectivity index (χ1n) is 6.90. The molecule has 0 aromatic heterocycles. The number of rotatable bonds is 4. The summed E-state index contributed by atoms with van der Waals surface area (Å²) in [4.78, 5) is 2.14. The third-order valence-electron chi connectivity index (χ3n) is 3.84. The molecule has 1 atom stereocenters. The van der Waals surface area contributed by atoms with E-state index in [0.29, 0.717) is 32.1 Å². The van der Waals surface area contributed by atoms with Crippen LogP contribution < -0.4 is 0 Å². The summed E-state index contributed by atoms with van der Waals surface area (Å²) in [5.74, 6) is 0.486. The summed E-state index contributed by atoms with van der Waals surface area (Å²) in [7, 11) is 0.905. The molecule has 2 aliphatic rings. The Morgan fingerprint density at radius 3 is 2.33 bits per heavy atom. The molecule has 0 saturated carbocycles. The summed E-state index contributed by atoms with van der Waals surface area (Å²) >= 11 is 0. The van der Waals surface area contributed by atoms with Gasteiger partial charge in [0.05, 0.1) is 0 Å². The third-order valence-corrected chi connectivity index (χ3v) is 5.84. The van der Waals surface area contributed by atoms with Crippen LogP contribution in [0.3, 0.4) is 0 Å². The van der Waals surface area contributed by atoms with E-state index in [-0.39, 0.29) is 0 Å². The topological polar surface area (TPSA) is 43.9 Å². The van der Waals surface area contributed by atoms with Crippen molar-refractivity contribution in [1.29, 1.82) is 0 Å². The molecule has 0 aromatic carbocycles. The third kappa shape index (κ3) is 3.23. The normalized spacial score (nSPS) is 28.1. The van der Waals surface area contributed by atoms with Gasteiger partial charge in [0.1, 0.15) is 0 Å². The molecule has 0 spiro atoms. The molecule has 2 heterocycles. The zero-order chi connectivity index (χ0) is 13.2. The van der Waals surface area contributed by atoms with E-state index in [9.17, 15) is 8.42 Å². The minimum atomic E-state index is -3.18. The first-order chi connectivity index (χ1) is 8.50. The fourth-order valence-corrected chi connectivity index (χ4v) is 4.71. The van der Waals surface area contributed by atoms with Gasteiger partial charge in [-0.25, -0.2) is 0 Å². The summed E-state index contributed by atoms with van der Waals surface area (Å²) in [6.07, 6.45) is 4.17. The molecule has 0 amide bonds. The summed E-state index contributed by atoms with van der Waals surface area (Å²) in [5.41, 5.74) is 0. The monoisotopic (exact) mass is 275 g/mol. The second-order valence-corrected chi connectivity index (χ2v) is 7.67. The average molecular weight is 275 g/mol. The standard InChI is InChI=1S/C12H25N3O2S/c1-13(2)10-12-6-9-15(11-12)18(16,17)14-7-4-3-5-8-14/h12H,3-11H2,1-2H3. The Bertz CT molecular complexity index is 364. The van der Waals surface area contributed by atoms with Crippen LogP contribution in [-0.4, -0.2) is 68.7 Å². The summed E-state index contributed by atoms with van der Waals surface area (Å²) in [6, 6.07) is 0. The highest BCUT2D eigenvalue weighted by molar-refractivity contribution is 7.86. The molecule has 0 N–H and O–H groups in total. The molecule has 2 rings (SSSR count). The number of hydrogen-bond acceptors (Lipinski definition) is 3. The molecule has 6 heteroatoms. The molecular weight excluding hydrogens is 250 g/mol. The van der Waals surface area contributed by atoms with Crippen LogP contribution in [0.5, 0.6) is 0 Å². The van der Waals surface area contributed by atoms with Crippen LogP contribution >= 0.6 is 0 Å². The summed E-state index contributed by atoms with van der Waals surface area (Å²) in [5, 5.41) is 0. The second-order valence-electron chi connectivity index (χ2n) is 5.74. The van der Waals surface area contributed by atoms with Gasteiger partial charge in [0.2, 0.25) is 0 Å². The number of piperidine rings is 1. The molecule has 18 heavy (non-hydrogen) atoms. The molecule has 1 unspecified atom stereocenters. The molecule has 0 aromatic rings. The van der Waals surface area contributed by atoms with Crippen molar-refractivity contribution in [1.82, 2.24) is 13.5 Å². The first-order valence-corrected chi connectivity index (χ1v) is 8.30. The van der Waals surface area contributed by atoms with Gasteiger partial charge in [-0.2, -0.15) is 17.0 Å². The smallest absolute Gasteiger partial charge is 0.281 e. The van der Waals surface area contributed by atoms with E-state index in [1.807, 2.05) is 14.1 Å². The maximum absolute atomic E-state index is 12.5. The van der Waals surface area contributed by atoms with Crippen LogP contribution in [-0.2, 0) is 10.2 Å². The van der Waals surface area contributed by atoms with E-state index >= 15 is 0 Å². The zero-order valence-corrected chi connectivity index (χ0v) is 12.3. The number of hydrogen-bond donors (Lipinski definition) is 0. The largest absolute Gasteiger partial charge is 0.309 e. The maximum Gasteiger partial charge on any atom is 0.281 e. The zero-order valence-electron chi connectivity index (χ0n) is 11.5. The summed E-state index contributed by atoms with van der Waals surface area (Å²) in [6.45, 7) is 3.77. The molecule has 0 aliphatic carbocycles. The van der Waals surface area contributed by atoms with Gasteiger partial charge < -0.3 is 4.90 Å². The van der Waals surface area contributed by atoms with E-state index in [0.717, 1.165) is 32.2 Å². The Labute approximate surface area is 111 Å². The van der Waals surface area contributed by atoms with Crippen molar-refractivity contribution < 1.29 is 8.42 Å². The van der Waals surface area contributed by atoms with E-state index in [1.54, 1.807) is 8.61 Å². The average Bonchev–Trinajstić information content (AvgIpc) is 2.78. The lowest BCUT2D eigenvalue weighted by atomic mass is 10.1. The van der Waals surface area contributed by atoms with Crippen LogP contribution in [0.1, 0.15) is 25.7 Å².